The van der Waals surface area contributed by atoms with Crippen molar-refractivity contribution in [3.05, 3.63) is 42.0 Å². The zero-order valence-corrected chi connectivity index (χ0v) is 12.1. The number of hydrogen-bond acceptors (Lipinski definition) is 5. The van der Waals surface area contributed by atoms with E-state index in [2.05, 4.69) is 4.74 Å². The Labute approximate surface area is 118 Å². The maximum Gasteiger partial charge on any atom is 0.330 e. The van der Waals surface area contributed by atoms with Gasteiger partial charge in [-0.3, -0.25) is 4.79 Å². The predicted molar refractivity (Wildman–Crippen MR) is 74.3 cm³/mol. The third-order valence-corrected chi connectivity index (χ3v) is 4.48. The van der Waals surface area contributed by atoms with Crippen LogP contribution in [0.1, 0.15) is 23.7 Å². The summed E-state index contributed by atoms with van der Waals surface area (Å²) in [7, 11) is -2.07. The van der Waals surface area contributed by atoms with E-state index in [9.17, 15) is 18.0 Å². The summed E-state index contributed by atoms with van der Waals surface area (Å²) in [6.07, 6.45) is 2.64. The van der Waals surface area contributed by atoms with Crippen LogP contribution < -0.4 is 0 Å². The minimum Gasteiger partial charge on any atom is -0.466 e. The van der Waals surface area contributed by atoms with E-state index in [1.165, 1.54) is 31.4 Å². The predicted octanol–water partition coefficient (Wildman–Crippen LogP) is 1.78. The van der Waals surface area contributed by atoms with Crippen molar-refractivity contribution < 1.29 is 22.7 Å². The van der Waals surface area contributed by atoms with Gasteiger partial charge in [0.05, 0.1) is 17.8 Å². The van der Waals surface area contributed by atoms with Crippen molar-refractivity contribution in [2.45, 2.75) is 18.2 Å². The lowest BCUT2D eigenvalue weighted by atomic mass is 10.1. The molecule has 0 spiro atoms. The minimum atomic E-state index is -3.29. The van der Waals surface area contributed by atoms with Crippen LogP contribution in [0.3, 0.4) is 0 Å². The number of ether oxygens (including phenoxy) is 1. The SMILES string of the molecule is CCCS(=O)(=O)c1ccc(C(=O)/C=C/C(=O)OC)cc1. The van der Waals surface area contributed by atoms with Crippen molar-refractivity contribution in [1.82, 2.24) is 0 Å². The molecule has 0 N–H and O–H groups in total. The van der Waals surface area contributed by atoms with Crippen molar-refractivity contribution in [1.29, 1.82) is 0 Å². The number of ketones is 1. The second-order valence-corrected chi connectivity index (χ2v) is 6.17. The first-order valence-corrected chi connectivity index (χ1v) is 7.69. The van der Waals surface area contributed by atoms with Crippen LogP contribution >= 0.6 is 0 Å². The molecule has 0 fully saturated rings. The van der Waals surface area contributed by atoms with E-state index in [0.29, 0.717) is 12.0 Å². The van der Waals surface area contributed by atoms with Gasteiger partial charge in [0.1, 0.15) is 0 Å². The van der Waals surface area contributed by atoms with Gasteiger partial charge in [-0.15, -0.1) is 0 Å². The molecule has 108 valence electrons. The summed E-state index contributed by atoms with van der Waals surface area (Å²) in [4.78, 5) is 22.8. The first-order chi connectivity index (χ1) is 9.40. The molecule has 0 aliphatic carbocycles. The summed E-state index contributed by atoms with van der Waals surface area (Å²) < 4.78 is 28.0. The van der Waals surface area contributed by atoms with Gasteiger partial charge in [-0.2, -0.15) is 0 Å². The molecule has 1 aromatic carbocycles. The first kappa shape index (κ1) is 16.1. The molecular formula is C14H16O5S. The van der Waals surface area contributed by atoms with E-state index in [1.807, 2.05) is 0 Å². The molecular weight excluding hydrogens is 280 g/mol. The zero-order valence-electron chi connectivity index (χ0n) is 11.3. The minimum absolute atomic E-state index is 0.0720. The van der Waals surface area contributed by atoms with Crippen LogP contribution in [0.4, 0.5) is 0 Å². The molecule has 0 aromatic heterocycles. The number of hydrogen-bond donors (Lipinski definition) is 0. The second-order valence-electron chi connectivity index (χ2n) is 4.06. The Hall–Kier alpha value is -1.95. The van der Waals surface area contributed by atoms with Gasteiger partial charge in [-0.25, -0.2) is 13.2 Å². The highest BCUT2D eigenvalue weighted by Gasteiger charge is 2.13. The lowest BCUT2D eigenvalue weighted by Crippen LogP contribution is -2.06. The molecule has 5 nitrogen and oxygen atoms in total. The number of benzene rings is 1. The second kappa shape index (κ2) is 7.00. The van der Waals surface area contributed by atoms with Gasteiger partial charge >= 0.3 is 5.97 Å². The third kappa shape index (κ3) is 4.31. The average Bonchev–Trinajstić information content (AvgIpc) is 2.44. The van der Waals surface area contributed by atoms with Crippen LogP contribution in [0.25, 0.3) is 0 Å². The number of sulfone groups is 1. The monoisotopic (exact) mass is 296 g/mol. The van der Waals surface area contributed by atoms with Gasteiger partial charge in [0.15, 0.2) is 15.6 Å². The highest BCUT2D eigenvalue weighted by Crippen LogP contribution is 2.14. The first-order valence-electron chi connectivity index (χ1n) is 6.04. The Kier molecular flexibility index (Phi) is 5.64. The van der Waals surface area contributed by atoms with Gasteiger partial charge < -0.3 is 4.74 Å². The molecule has 0 aliphatic rings. The summed E-state index contributed by atoms with van der Waals surface area (Å²) in [6, 6.07) is 5.63. The summed E-state index contributed by atoms with van der Waals surface area (Å²) in [5.41, 5.74) is 0.306. The van der Waals surface area contributed by atoms with Crippen LogP contribution in [0.5, 0.6) is 0 Å². The van der Waals surface area contributed by atoms with Crippen molar-refractivity contribution in [3.63, 3.8) is 0 Å². The maximum absolute atomic E-state index is 11.8. The normalized spacial score (nSPS) is 11.5. The number of allylic oxidation sites excluding steroid dienone is 1. The smallest absolute Gasteiger partial charge is 0.330 e. The molecule has 0 radical (unpaired) electrons. The molecule has 0 bridgehead atoms. The largest absolute Gasteiger partial charge is 0.466 e. The highest BCUT2D eigenvalue weighted by molar-refractivity contribution is 7.91. The summed E-state index contributed by atoms with van der Waals surface area (Å²) >= 11 is 0. The standard InChI is InChI=1S/C14H16O5S/c1-3-10-20(17,18)12-6-4-11(5-7-12)13(15)8-9-14(16)19-2/h4-9H,3,10H2,1-2H3/b9-8+. The van der Waals surface area contributed by atoms with Gasteiger partial charge in [0.25, 0.3) is 0 Å². The molecule has 0 aliphatic heterocycles. The van der Waals surface area contributed by atoms with Crippen LogP contribution in [-0.2, 0) is 19.4 Å². The quantitative estimate of drug-likeness (QED) is 0.454. The van der Waals surface area contributed by atoms with Gasteiger partial charge in [-0.05, 0) is 36.8 Å². The molecule has 1 aromatic rings. The number of esters is 1. The summed E-state index contributed by atoms with van der Waals surface area (Å²) in [5.74, 6) is -0.946. The lowest BCUT2D eigenvalue weighted by molar-refractivity contribution is -0.134. The Bertz CT molecular complexity index is 611. The van der Waals surface area contributed by atoms with Crippen molar-refractivity contribution in [3.8, 4) is 0 Å². The fraction of sp³-hybridized carbons (Fsp3) is 0.286. The zero-order chi connectivity index (χ0) is 15.2. The molecule has 0 amide bonds. The topological polar surface area (TPSA) is 77.5 Å². The molecule has 0 heterocycles. The Balaban J connectivity index is 2.89. The summed E-state index contributed by atoms with van der Waals surface area (Å²) in [5, 5.41) is 0. The van der Waals surface area contributed by atoms with Crippen LogP contribution in [0.15, 0.2) is 41.3 Å². The van der Waals surface area contributed by atoms with E-state index in [0.717, 1.165) is 12.2 Å². The Morgan fingerprint density at radius 2 is 1.75 bits per heavy atom. The average molecular weight is 296 g/mol. The van der Waals surface area contributed by atoms with Crippen molar-refractivity contribution >= 4 is 21.6 Å². The molecule has 0 unspecified atom stereocenters. The van der Waals surface area contributed by atoms with E-state index in [-0.39, 0.29) is 10.6 Å². The number of methoxy groups -OCH3 is 1. The van der Waals surface area contributed by atoms with E-state index in [4.69, 9.17) is 0 Å². The lowest BCUT2D eigenvalue weighted by Gasteiger charge is -2.03. The molecule has 0 atom stereocenters. The fourth-order valence-corrected chi connectivity index (χ4v) is 2.85. The molecule has 0 saturated carbocycles. The maximum atomic E-state index is 11.8. The van der Waals surface area contributed by atoms with E-state index >= 15 is 0 Å². The molecule has 20 heavy (non-hydrogen) atoms. The van der Waals surface area contributed by atoms with Crippen molar-refractivity contribution in [2.75, 3.05) is 12.9 Å². The fourth-order valence-electron chi connectivity index (χ4n) is 1.52. The third-order valence-electron chi connectivity index (χ3n) is 2.54. The number of rotatable bonds is 6. The number of carbonyl (C=O) groups is 2. The molecule has 0 saturated heterocycles. The Morgan fingerprint density at radius 1 is 1.15 bits per heavy atom. The van der Waals surface area contributed by atoms with E-state index < -0.39 is 21.6 Å². The van der Waals surface area contributed by atoms with Crippen LogP contribution in [-0.4, -0.2) is 33.0 Å². The Morgan fingerprint density at radius 3 is 2.25 bits per heavy atom. The number of carbonyl (C=O) groups excluding carboxylic acids is 2. The molecule has 6 heteroatoms. The van der Waals surface area contributed by atoms with Gasteiger partial charge in [0.2, 0.25) is 0 Å². The van der Waals surface area contributed by atoms with Crippen LogP contribution in [0.2, 0.25) is 0 Å². The van der Waals surface area contributed by atoms with E-state index in [1.54, 1.807) is 6.92 Å². The van der Waals surface area contributed by atoms with Crippen molar-refractivity contribution in [2.24, 2.45) is 0 Å². The van der Waals surface area contributed by atoms with Gasteiger partial charge in [0, 0.05) is 11.6 Å². The summed E-state index contributed by atoms with van der Waals surface area (Å²) in [6.45, 7) is 1.78. The molecule has 1 rings (SSSR count). The highest BCUT2D eigenvalue weighted by atomic mass is 32.2. The van der Waals surface area contributed by atoms with Crippen LogP contribution in [0, 0.1) is 0 Å². The van der Waals surface area contributed by atoms with Gasteiger partial charge in [-0.1, -0.05) is 6.92 Å².